The summed E-state index contributed by atoms with van der Waals surface area (Å²) in [7, 11) is 0. The molecule has 0 amide bonds. The van der Waals surface area contributed by atoms with E-state index in [0.717, 1.165) is 25.9 Å². The molecule has 0 fully saturated rings. The number of nitrogens with one attached hydrogen (secondary N) is 1. The molecule has 0 saturated heterocycles. The van der Waals surface area contributed by atoms with Crippen LogP contribution < -0.4 is 10.1 Å². The second-order valence-electron chi connectivity index (χ2n) is 7.45. The SMILES string of the molecule is Oc1ccc2c3c1O[C@H]1C[C@@H](OCc4ccccc4)C=C[C@@]31CCNC2. The van der Waals surface area contributed by atoms with Gasteiger partial charge in [-0.2, -0.15) is 0 Å². The predicted octanol–water partition coefficient (Wildman–Crippen LogP) is 3.43. The number of ether oxygens (including phenoxy) is 2. The van der Waals surface area contributed by atoms with Gasteiger partial charge in [-0.1, -0.05) is 48.6 Å². The summed E-state index contributed by atoms with van der Waals surface area (Å²) in [6.45, 7) is 2.36. The van der Waals surface area contributed by atoms with Gasteiger partial charge in [-0.05, 0) is 30.2 Å². The van der Waals surface area contributed by atoms with E-state index in [2.05, 4.69) is 29.6 Å². The Labute approximate surface area is 153 Å². The molecule has 4 nitrogen and oxygen atoms in total. The van der Waals surface area contributed by atoms with Gasteiger partial charge in [0.05, 0.1) is 18.1 Å². The summed E-state index contributed by atoms with van der Waals surface area (Å²) < 4.78 is 12.4. The van der Waals surface area contributed by atoms with Gasteiger partial charge in [-0.3, -0.25) is 0 Å². The van der Waals surface area contributed by atoms with Crippen LogP contribution in [0.15, 0.2) is 54.6 Å². The highest BCUT2D eigenvalue weighted by molar-refractivity contribution is 5.60. The van der Waals surface area contributed by atoms with Crippen LogP contribution in [-0.4, -0.2) is 23.9 Å². The van der Waals surface area contributed by atoms with Crippen molar-refractivity contribution in [3.05, 3.63) is 71.3 Å². The Hall–Kier alpha value is -2.30. The minimum atomic E-state index is -0.153. The molecule has 2 aromatic rings. The lowest BCUT2D eigenvalue weighted by molar-refractivity contribution is 0.0200. The summed E-state index contributed by atoms with van der Waals surface area (Å²) in [5.74, 6) is 0.916. The Morgan fingerprint density at radius 2 is 2.08 bits per heavy atom. The van der Waals surface area contributed by atoms with E-state index >= 15 is 0 Å². The van der Waals surface area contributed by atoms with Crippen LogP contribution in [0.4, 0.5) is 0 Å². The lowest BCUT2D eigenvalue weighted by Crippen LogP contribution is -2.43. The summed E-state index contributed by atoms with van der Waals surface area (Å²) in [5, 5.41) is 13.8. The van der Waals surface area contributed by atoms with Gasteiger partial charge >= 0.3 is 0 Å². The first kappa shape index (κ1) is 15.9. The first-order valence-corrected chi connectivity index (χ1v) is 9.34. The largest absolute Gasteiger partial charge is 0.504 e. The van der Waals surface area contributed by atoms with Crippen LogP contribution in [0.25, 0.3) is 0 Å². The van der Waals surface area contributed by atoms with Gasteiger partial charge in [0.1, 0.15) is 6.10 Å². The van der Waals surface area contributed by atoms with Crippen molar-refractivity contribution in [2.24, 2.45) is 0 Å². The summed E-state index contributed by atoms with van der Waals surface area (Å²) in [6, 6.07) is 14.0. The molecular formula is C22H23NO3. The summed E-state index contributed by atoms with van der Waals surface area (Å²) >= 11 is 0. The van der Waals surface area contributed by atoms with E-state index in [1.807, 2.05) is 24.3 Å². The second kappa shape index (κ2) is 6.15. The number of aromatic hydroxyl groups is 1. The topological polar surface area (TPSA) is 50.7 Å². The molecule has 2 aliphatic heterocycles. The van der Waals surface area contributed by atoms with Gasteiger partial charge in [0.15, 0.2) is 11.5 Å². The standard InChI is InChI=1S/C22H23NO3/c24-18-7-6-16-13-23-11-10-22-9-8-17(12-19(22)26-21(18)20(16)22)25-14-15-4-2-1-3-5-15/h1-9,17,19,23-24H,10-14H2/t17-,19-,22-/m0/s1. The van der Waals surface area contributed by atoms with E-state index in [9.17, 15) is 5.11 Å². The maximum absolute atomic E-state index is 10.3. The number of rotatable bonds is 3. The van der Waals surface area contributed by atoms with Crippen LogP contribution in [0.5, 0.6) is 11.5 Å². The number of hydrogen-bond donors (Lipinski definition) is 2. The molecule has 0 saturated carbocycles. The van der Waals surface area contributed by atoms with Crippen LogP contribution in [0, 0.1) is 0 Å². The van der Waals surface area contributed by atoms with Crippen molar-refractivity contribution < 1.29 is 14.6 Å². The number of hydrogen-bond acceptors (Lipinski definition) is 4. The number of benzene rings is 2. The van der Waals surface area contributed by atoms with Crippen molar-refractivity contribution in [1.82, 2.24) is 5.32 Å². The lowest BCUT2D eigenvalue weighted by atomic mass is 9.69. The van der Waals surface area contributed by atoms with Gasteiger partial charge in [0, 0.05) is 18.5 Å². The maximum Gasteiger partial charge on any atom is 0.165 e. The van der Waals surface area contributed by atoms with E-state index in [1.165, 1.54) is 16.7 Å². The van der Waals surface area contributed by atoms with Gasteiger partial charge in [0.2, 0.25) is 0 Å². The summed E-state index contributed by atoms with van der Waals surface area (Å²) in [5.41, 5.74) is 3.42. The summed E-state index contributed by atoms with van der Waals surface area (Å²) in [4.78, 5) is 0. The minimum absolute atomic E-state index is 0.00947. The zero-order valence-electron chi connectivity index (χ0n) is 14.7. The highest BCUT2D eigenvalue weighted by atomic mass is 16.5. The zero-order valence-corrected chi connectivity index (χ0v) is 14.7. The van der Waals surface area contributed by atoms with Gasteiger partial charge in [-0.25, -0.2) is 0 Å². The van der Waals surface area contributed by atoms with Gasteiger partial charge in [0.25, 0.3) is 0 Å². The highest BCUT2D eigenvalue weighted by Gasteiger charge is 2.52. The Kier molecular flexibility index (Phi) is 3.76. The molecule has 4 heteroatoms. The molecule has 3 aliphatic rings. The Balaban J connectivity index is 1.43. The molecule has 3 atom stereocenters. The molecule has 2 heterocycles. The van der Waals surface area contributed by atoms with Crippen LogP contribution in [0.2, 0.25) is 0 Å². The first-order valence-electron chi connectivity index (χ1n) is 9.34. The molecule has 0 bridgehead atoms. The molecule has 0 radical (unpaired) electrons. The first-order chi connectivity index (χ1) is 12.8. The molecule has 0 aromatic heterocycles. The third kappa shape index (κ3) is 2.44. The molecule has 0 unspecified atom stereocenters. The molecule has 26 heavy (non-hydrogen) atoms. The monoisotopic (exact) mass is 349 g/mol. The maximum atomic E-state index is 10.3. The van der Waals surface area contributed by atoms with Crippen LogP contribution in [-0.2, 0) is 23.3 Å². The minimum Gasteiger partial charge on any atom is -0.504 e. The highest BCUT2D eigenvalue weighted by Crippen LogP contribution is 2.55. The van der Waals surface area contributed by atoms with Crippen LogP contribution in [0.1, 0.15) is 29.5 Å². The molecule has 134 valence electrons. The van der Waals surface area contributed by atoms with Crippen molar-refractivity contribution >= 4 is 0 Å². The molecule has 5 rings (SSSR count). The molecule has 2 N–H and O–H groups in total. The third-order valence-electron chi connectivity index (χ3n) is 5.92. The van der Waals surface area contributed by atoms with E-state index in [-0.39, 0.29) is 23.4 Å². The van der Waals surface area contributed by atoms with Crippen molar-refractivity contribution in [3.63, 3.8) is 0 Å². The molecule has 1 spiro atoms. The van der Waals surface area contributed by atoms with Crippen molar-refractivity contribution in [2.45, 2.75) is 43.6 Å². The number of phenolic OH excluding ortho intramolecular Hbond substituents is 1. The lowest BCUT2D eigenvalue weighted by Gasteiger charge is -2.36. The average molecular weight is 349 g/mol. The fraction of sp³-hybridized carbons (Fsp3) is 0.364. The average Bonchev–Trinajstić information content (AvgIpc) is 2.90. The van der Waals surface area contributed by atoms with Crippen molar-refractivity contribution in [2.75, 3.05) is 6.54 Å². The zero-order chi connectivity index (χ0) is 17.6. The molecular weight excluding hydrogens is 326 g/mol. The Bertz CT molecular complexity index is 848. The Morgan fingerprint density at radius 1 is 1.19 bits per heavy atom. The van der Waals surface area contributed by atoms with E-state index in [0.29, 0.717) is 12.4 Å². The quantitative estimate of drug-likeness (QED) is 0.834. The van der Waals surface area contributed by atoms with Crippen LogP contribution in [0.3, 0.4) is 0 Å². The van der Waals surface area contributed by atoms with Crippen molar-refractivity contribution in [1.29, 1.82) is 0 Å². The molecule has 1 aliphatic carbocycles. The van der Waals surface area contributed by atoms with Gasteiger partial charge in [-0.15, -0.1) is 0 Å². The van der Waals surface area contributed by atoms with E-state index in [1.54, 1.807) is 6.07 Å². The fourth-order valence-corrected chi connectivity index (χ4v) is 4.60. The Morgan fingerprint density at radius 3 is 2.96 bits per heavy atom. The van der Waals surface area contributed by atoms with E-state index in [4.69, 9.17) is 9.47 Å². The predicted molar refractivity (Wildman–Crippen MR) is 99.3 cm³/mol. The van der Waals surface area contributed by atoms with Crippen LogP contribution >= 0.6 is 0 Å². The van der Waals surface area contributed by atoms with Crippen molar-refractivity contribution in [3.8, 4) is 11.5 Å². The smallest absolute Gasteiger partial charge is 0.165 e. The third-order valence-corrected chi connectivity index (χ3v) is 5.92. The van der Waals surface area contributed by atoms with E-state index < -0.39 is 0 Å². The number of phenols is 1. The fourth-order valence-electron chi connectivity index (χ4n) is 4.60. The van der Waals surface area contributed by atoms with Gasteiger partial charge < -0.3 is 19.9 Å². The molecule has 2 aromatic carbocycles. The second-order valence-corrected chi connectivity index (χ2v) is 7.45. The summed E-state index contributed by atoms with van der Waals surface area (Å²) in [6.07, 6.45) is 6.28. The normalized spacial score (nSPS) is 28.8.